The van der Waals surface area contributed by atoms with Crippen molar-refractivity contribution in [3.05, 3.63) is 23.8 Å². The number of nitrogens with one attached hydrogen (secondary N) is 1. The SMILES string of the molecule is C[C@@H]1CC(=O)N1[C@@H](C(=O)O)[C@](C)(COC(=O)NN(C)C(=O)c1ccc(O)c(O)c1)S(=O)O. The molecule has 0 spiro atoms. The number of benzene rings is 1. The molecular weight excluding hydrogens is 450 g/mol. The molecule has 0 aliphatic carbocycles. The van der Waals surface area contributed by atoms with Gasteiger partial charge >= 0.3 is 12.1 Å². The molecule has 176 valence electrons. The molecule has 0 aromatic heterocycles. The van der Waals surface area contributed by atoms with Gasteiger partial charge in [0.2, 0.25) is 5.91 Å². The Morgan fingerprint density at radius 1 is 1.34 bits per heavy atom. The molecule has 1 aromatic carbocycles. The first-order valence-corrected chi connectivity index (χ1v) is 10.3. The molecule has 32 heavy (non-hydrogen) atoms. The third kappa shape index (κ3) is 4.91. The van der Waals surface area contributed by atoms with Crippen LogP contribution in [0.1, 0.15) is 30.6 Å². The Labute approximate surface area is 184 Å². The minimum Gasteiger partial charge on any atom is -0.504 e. The first-order valence-electron chi connectivity index (χ1n) is 9.18. The van der Waals surface area contributed by atoms with Gasteiger partial charge in [0.05, 0.1) is 0 Å². The van der Waals surface area contributed by atoms with E-state index in [-0.39, 0.29) is 12.0 Å². The van der Waals surface area contributed by atoms with Crippen molar-refractivity contribution >= 4 is 35.0 Å². The van der Waals surface area contributed by atoms with Crippen molar-refractivity contribution in [2.45, 2.75) is 37.1 Å². The topological polar surface area (TPSA) is 194 Å². The number of ether oxygens (including phenoxy) is 1. The van der Waals surface area contributed by atoms with E-state index in [2.05, 4.69) is 0 Å². The summed E-state index contributed by atoms with van der Waals surface area (Å²) in [6, 6.07) is 1.01. The van der Waals surface area contributed by atoms with Crippen LogP contribution in [0.5, 0.6) is 11.5 Å². The van der Waals surface area contributed by atoms with E-state index in [0.29, 0.717) is 5.01 Å². The first kappa shape index (κ1) is 24.9. The maximum Gasteiger partial charge on any atom is 0.426 e. The average molecular weight is 473 g/mol. The number of carbonyl (C=O) groups excluding carboxylic acids is 3. The molecule has 13 nitrogen and oxygen atoms in total. The lowest BCUT2D eigenvalue weighted by Crippen LogP contribution is -2.68. The lowest BCUT2D eigenvalue weighted by molar-refractivity contribution is -0.163. The number of amides is 3. The molecule has 2 rings (SSSR count). The molecule has 0 saturated carbocycles. The Bertz CT molecular complexity index is 970. The monoisotopic (exact) mass is 473 g/mol. The zero-order valence-electron chi connectivity index (χ0n) is 17.3. The number of aliphatic carboxylic acids is 1. The Kier molecular flexibility index (Phi) is 7.31. The van der Waals surface area contributed by atoms with Crippen molar-refractivity contribution in [2.24, 2.45) is 0 Å². The molecule has 14 heteroatoms. The van der Waals surface area contributed by atoms with Crippen molar-refractivity contribution in [3.8, 4) is 11.5 Å². The number of phenols is 2. The Morgan fingerprint density at radius 2 is 1.97 bits per heavy atom. The standard InChI is InChI=1S/C18H23N3O10S/c1-9-6-13(24)21(9)14(16(26)27)18(2,32(29)30)8-31-17(28)19-20(3)15(25)10-4-5-11(22)12(23)7-10/h4-5,7,9,14,22-23H,6,8H2,1-3H3,(H,19,28)(H,26,27)(H,29,30)/t9-,14+,18+/m1/s1. The first-order chi connectivity index (χ1) is 14.8. The smallest absolute Gasteiger partial charge is 0.426 e. The number of carbonyl (C=O) groups is 4. The van der Waals surface area contributed by atoms with Gasteiger partial charge < -0.3 is 29.5 Å². The van der Waals surface area contributed by atoms with Gasteiger partial charge in [0.1, 0.15) is 11.4 Å². The number of hydrogen-bond acceptors (Lipinski definition) is 8. The molecule has 5 N–H and O–H groups in total. The summed E-state index contributed by atoms with van der Waals surface area (Å²) in [4.78, 5) is 49.1. The van der Waals surface area contributed by atoms with Gasteiger partial charge in [-0.05, 0) is 32.0 Å². The molecule has 0 bridgehead atoms. The van der Waals surface area contributed by atoms with Crippen LogP contribution in [-0.2, 0) is 25.4 Å². The second-order valence-corrected chi connectivity index (χ2v) is 8.84. The predicted octanol–water partition coefficient (Wildman–Crippen LogP) is -0.135. The molecule has 1 heterocycles. The molecule has 4 atom stereocenters. The van der Waals surface area contributed by atoms with Gasteiger partial charge in [-0.1, -0.05) is 0 Å². The van der Waals surface area contributed by atoms with Crippen molar-refractivity contribution in [3.63, 3.8) is 0 Å². The number of phenolic OH excluding ortho intramolecular Hbond substituents is 2. The molecule has 3 amide bonds. The van der Waals surface area contributed by atoms with E-state index < -0.39 is 69.9 Å². The minimum absolute atomic E-state index is 0.0823. The van der Waals surface area contributed by atoms with E-state index in [1.54, 1.807) is 6.92 Å². The largest absolute Gasteiger partial charge is 0.504 e. The fraction of sp³-hybridized carbons (Fsp3) is 0.444. The summed E-state index contributed by atoms with van der Waals surface area (Å²) in [5, 5.41) is 29.1. The summed E-state index contributed by atoms with van der Waals surface area (Å²) in [6.07, 6.45) is -1.16. The van der Waals surface area contributed by atoms with Crippen LogP contribution in [0.2, 0.25) is 0 Å². The predicted molar refractivity (Wildman–Crippen MR) is 108 cm³/mol. The normalized spacial score (nSPS) is 19.2. The molecule has 1 aromatic rings. The third-order valence-electron chi connectivity index (χ3n) is 5.00. The maximum absolute atomic E-state index is 12.3. The van der Waals surface area contributed by atoms with E-state index in [0.717, 1.165) is 31.0 Å². The summed E-state index contributed by atoms with van der Waals surface area (Å²) in [6.45, 7) is 1.80. The highest BCUT2D eigenvalue weighted by Crippen LogP contribution is 2.31. The Hall–Kier alpha value is -3.39. The average Bonchev–Trinajstić information content (AvgIpc) is 2.71. The van der Waals surface area contributed by atoms with Crippen LogP contribution in [-0.4, -0.2) is 88.4 Å². The van der Waals surface area contributed by atoms with Crippen LogP contribution in [0.4, 0.5) is 4.79 Å². The van der Waals surface area contributed by atoms with Crippen LogP contribution in [0.3, 0.4) is 0 Å². The van der Waals surface area contributed by atoms with Crippen molar-refractivity contribution < 1.29 is 48.0 Å². The highest BCUT2D eigenvalue weighted by Gasteiger charge is 2.54. The number of aromatic hydroxyl groups is 2. The van der Waals surface area contributed by atoms with E-state index in [4.69, 9.17) is 4.74 Å². The van der Waals surface area contributed by atoms with Crippen LogP contribution in [0.25, 0.3) is 0 Å². The lowest BCUT2D eigenvalue weighted by atomic mass is 9.92. The van der Waals surface area contributed by atoms with Gasteiger partial charge in [-0.2, -0.15) is 0 Å². The van der Waals surface area contributed by atoms with Gasteiger partial charge in [0, 0.05) is 25.1 Å². The highest BCUT2D eigenvalue weighted by atomic mass is 32.2. The molecular formula is C18H23N3O10S. The third-order valence-corrected chi connectivity index (χ3v) is 6.14. The van der Waals surface area contributed by atoms with Gasteiger partial charge in [0.15, 0.2) is 28.6 Å². The van der Waals surface area contributed by atoms with Crippen LogP contribution >= 0.6 is 0 Å². The second-order valence-electron chi connectivity index (χ2n) is 7.41. The molecule has 1 aliphatic heterocycles. The van der Waals surface area contributed by atoms with Crippen molar-refractivity contribution in [2.75, 3.05) is 13.7 Å². The van der Waals surface area contributed by atoms with Gasteiger partial charge in [-0.15, -0.1) is 0 Å². The second kappa shape index (κ2) is 9.40. The highest BCUT2D eigenvalue weighted by molar-refractivity contribution is 7.80. The number of carboxylic acids is 1. The Balaban J connectivity index is 2.09. The fourth-order valence-corrected chi connectivity index (χ4v) is 3.73. The van der Waals surface area contributed by atoms with E-state index in [1.165, 1.54) is 6.07 Å². The molecule has 1 unspecified atom stereocenters. The molecule has 1 fully saturated rings. The summed E-state index contributed by atoms with van der Waals surface area (Å²) in [5.74, 6) is -3.86. The number of β-lactam (4-membered cyclic amide) rings is 1. The summed E-state index contributed by atoms with van der Waals surface area (Å²) in [7, 11) is 1.15. The van der Waals surface area contributed by atoms with Gasteiger partial charge in [-0.3, -0.25) is 14.6 Å². The van der Waals surface area contributed by atoms with Gasteiger partial charge in [0.25, 0.3) is 5.91 Å². The summed E-state index contributed by atoms with van der Waals surface area (Å²) in [5.41, 5.74) is 1.95. The number of carboxylic acid groups (broad SMARTS) is 1. The van der Waals surface area contributed by atoms with Crippen LogP contribution in [0.15, 0.2) is 18.2 Å². The Morgan fingerprint density at radius 3 is 2.44 bits per heavy atom. The quantitative estimate of drug-likeness (QED) is 0.154. The van der Waals surface area contributed by atoms with Crippen LogP contribution < -0.4 is 5.43 Å². The number of hydrogen-bond donors (Lipinski definition) is 5. The number of rotatable bonds is 7. The van der Waals surface area contributed by atoms with E-state index in [1.807, 2.05) is 5.43 Å². The zero-order valence-corrected chi connectivity index (χ0v) is 18.2. The van der Waals surface area contributed by atoms with E-state index in [9.17, 15) is 43.3 Å². The molecule has 0 radical (unpaired) electrons. The summed E-state index contributed by atoms with van der Waals surface area (Å²) < 4.78 is 24.6. The van der Waals surface area contributed by atoms with E-state index >= 15 is 0 Å². The van der Waals surface area contributed by atoms with Crippen LogP contribution in [0, 0.1) is 0 Å². The number of hydrazine groups is 1. The number of nitrogens with zero attached hydrogens (tertiary/aromatic N) is 2. The maximum atomic E-state index is 12.3. The lowest BCUT2D eigenvalue weighted by Gasteiger charge is -2.47. The fourth-order valence-electron chi connectivity index (χ4n) is 3.17. The van der Waals surface area contributed by atoms with Crippen molar-refractivity contribution in [1.82, 2.24) is 15.3 Å². The minimum atomic E-state index is -2.82. The number of likely N-dealkylation sites (tertiary alicyclic amines) is 1. The van der Waals surface area contributed by atoms with Gasteiger partial charge in [-0.25, -0.2) is 19.2 Å². The molecule has 1 saturated heterocycles. The molecule has 1 aliphatic rings. The van der Waals surface area contributed by atoms with Crippen molar-refractivity contribution in [1.29, 1.82) is 0 Å². The summed E-state index contributed by atoms with van der Waals surface area (Å²) >= 11 is -2.82. The zero-order chi connectivity index (χ0) is 24.4.